The summed E-state index contributed by atoms with van der Waals surface area (Å²) in [5.41, 5.74) is 0.909. The molecule has 1 atom stereocenters. The van der Waals surface area contributed by atoms with Gasteiger partial charge in [0.25, 0.3) is 0 Å². The van der Waals surface area contributed by atoms with E-state index in [4.69, 9.17) is 9.47 Å². The van der Waals surface area contributed by atoms with Gasteiger partial charge in [-0.2, -0.15) is 0 Å². The number of rotatable bonds is 7. The van der Waals surface area contributed by atoms with Gasteiger partial charge >= 0.3 is 5.97 Å². The predicted molar refractivity (Wildman–Crippen MR) is 82.4 cm³/mol. The van der Waals surface area contributed by atoms with Gasteiger partial charge in [-0.3, -0.25) is 5.32 Å². The van der Waals surface area contributed by atoms with Crippen molar-refractivity contribution < 1.29 is 14.3 Å². The van der Waals surface area contributed by atoms with Gasteiger partial charge in [-0.05, 0) is 44.4 Å². The molecule has 0 aromatic heterocycles. The summed E-state index contributed by atoms with van der Waals surface area (Å²) in [4.78, 5) is 12.3. The highest BCUT2D eigenvalue weighted by molar-refractivity contribution is 5.77. The van der Waals surface area contributed by atoms with Crippen LogP contribution in [0.2, 0.25) is 0 Å². The minimum Gasteiger partial charge on any atom is -0.494 e. The topological polar surface area (TPSA) is 47.6 Å². The van der Waals surface area contributed by atoms with E-state index < -0.39 is 6.04 Å². The number of hydrogen-bond acceptors (Lipinski definition) is 4. The molecule has 1 saturated carbocycles. The van der Waals surface area contributed by atoms with E-state index in [1.54, 1.807) is 0 Å². The number of nitrogens with one attached hydrogen (secondary N) is 1. The Bertz CT molecular complexity index is 455. The lowest BCUT2D eigenvalue weighted by Crippen LogP contribution is -2.36. The van der Waals surface area contributed by atoms with Crippen LogP contribution in [0.4, 0.5) is 0 Å². The lowest BCUT2D eigenvalue weighted by Gasteiger charge is -2.22. The molecule has 2 rings (SSSR count). The maximum atomic E-state index is 12.3. The van der Waals surface area contributed by atoms with Crippen molar-refractivity contribution in [3.05, 3.63) is 29.8 Å². The average Bonchev–Trinajstić information content (AvgIpc) is 2.99. The van der Waals surface area contributed by atoms with Crippen LogP contribution in [0, 0.1) is 0 Å². The van der Waals surface area contributed by atoms with Gasteiger partial charge in [0.2, 0.25) is 0 Å². The Balaban J connectivity index is 2.16. The van der Waals surface area contributed by atoms with E-state index in [0.717, 1.165) is 24.2 Å². The highest BCUT2D eigenvalue weighted by Gasteiger charge is 2.26. The highest BCUT2D eigenvalue weighted by atomic mass is 16.5. The molecule has 1 fully saturated rings. The highest BCUT2D eigenvalue weighted by Crippen LogP contribution is 2.25. The molecule has 1 aliphatic carbocycles. The van der Waals surface area contributed by atoms with Gasteiger partial charge in [0.05, 0.1) is 13.2 Å². The summed E-state index contributed by atoms with van der Waals surface area (Å²) < 4.78 is 10.8. The van der Waals surface area contributed by atoms with Crippen molar-refractivity contribution >= 4 is 5.97 Å². The Morgan fingerprint density at radius 3 is 2.71 bits per heavy atom. The third kappa shape index (κ3) is 4.46. The number of hydrogen-bond donors (Lipinski definition) is 1. The van der Waals surface area contributed by atoms with Gasteiger partial charge in [-0.25, -0.2) is 4.79 Å². The fraction of sp³-hybridized carbons (Fsp3) is 0.588. The first-order valence-electron chi connectivity index (χ1n) is 7.90. The van der Waals surface area contributed by atoms with Crippen LogP contribution < -0.4 is 10.1 Å². The molecule has 1 aromatic rings. The van der Waals surface area contributed by atoms with Crippen molar-refractivity contribution in [1.82, 2.24) is 5.32 Å². The zero-order chi connectivity index (χ0) is 15.1. The molecule has 1 N–H and O–H groups in total. The minimum absolute atomic E-state index is 0.210. The third-order valence-corrected chi connectivity index (χ3v) is 3.78. The Hall–Kier alpha value is -1.55. The maximum Gasteiger partial charge on any atom is 0.327 e. The molecular weight excluding hydrogens is 266 g/mol. The van der Waals surface area contributed by atoms with Crippen LogP contribution in [0.25, 0.3) is 0 Å². The van der Waals surface area contributed by atoms with E-state index in [1.807, 2.05) is 38.1 Å². The number of esters is 1. The molecule has 1 aromatic carbocycles. The smallest absolute Gasteiger partial charge is 0.327 e. The van der Waals surface area contributed by atoms with Gasteiger partial charge in [0.15, 0.2) is 0 Å². The summed E-state index contributed by atoms with van der Waals surface area (Å²) in [5.74, 6) is 0.579. The number of carbonyl (C=O) groups excluding carboxylic acids is 1. The first-order chi connectivity index (χ1) is 10.2. The van der Waals surface area contributed by atoms with Crippen molar-refractivity contribution in [2.75, 3.05) is 13.2 Å². The summed E-state index contributed by atoms with van der Waals surface area (Å²) in [6, 6.07) is 7.69. The maximum absolute atomic E-state index is 12.3. The second-order valence-corrected chi connectivity index (χ2v) is 5.34. The largest absolute Gasteiger partial charge is 0.494 e. The molecule has 4 nitrogen and oxygen atoms in total. The SMILES string of the molecule is CCOC(=O)C(NC1CCCC1)c1cccc(OCC)c1. The van der Waals surface area contributed by atoms with Crippen LogP contribution in [0.3, 0.4) is 0 Å². The molecule has 116 valence electrons. The van der Waals surface area contributed by atoms with E-state index in [2.05, 4.69) is 5.32 Å². The van der Waals surface area contributed by atoms with Crippen molar-refractivity contribution in [2.45, 2.75) is 51.6 Å². The van der Waals surface area contributed by atoms with Gasteiger partial charge in [0, 0.05) is 6.04 Å². The van der Waals surface area contributed by atoms with Crippen LogP contribution in [0.5, 0.6) is 5.75 Å². The Kier molecular flexibility index (Phi) is 6.05. The molecule has 21 heavy (non-hydrogen) atoms. The van der Waals surface area contributed by atoms with E-state index >= 15 is 0 Å². The number of benzene rings is 1. The summed E-state index contributed by atoms with van der Waals surface area (Å²) in [6.07, 6.45) is 4.71. The summed E-state index contributed by atoms with van der Waals surface area (Å²) in [6.45, 7) is 4.80. The second kappa shape index (κ2) is 8.03. The van der Waals surface area contributed by atoms with Gasteiger partial charge in [-0.15, -0.1) is 0 Å². The molecule has 0 spiro atoms. The Morgan fingerprint density at radius 2 is 2.05 bits per heavy atom. The molecule has 1 aliphatic rings. The van der Waals surface area contributed by atoms with Crippen molar-refractivity contribution in [3.8, 4) is 5.75 Å². The number of ether oxygens (including phenoxy) is 2. The molecule has 1 unspecified atom stereocenters. The van der Waals surface area contributed by atoms with Gasteiger partial charge in [-0.1, -0.05) is 25.0 Å². The molecule has 0 radical (unpaired) electrons. The molecule has 0 amide bonds. The Morgan fingerprint density at radius 1 is 1.29 bits per heavy atom. The van der Waals surface area contributed by atoms with Crippen LogP contribution in [0.15, 0.2) is 24.3 Å². The average molecular weight is 291 g/mol. The lowest BCUT2D eigenvalue weighted by molar-refractivity contribution is -0.146. The molecule has 0 saturated heterocycles. The normalized spacial score (nSPS) is 16.7. The zero-order valence-corrected chi connectivity index (χ0v) is 12.9. The van der Waals surface area contributed by atoms with Crippen LogP contribution in [-0.2, 0) is 9.53 Å². The third-order valence-electron chi connectivity index (χ3n) is 3.78. The van der Waals surface area contributed by atoms with Crippen molar-refractivity contribution in [3.63, 3.8) is 0 Å². The Labute approximate surface area is 126 Å². The second-order valence-electron chi connectivity index (χ2n) is 5.34. The standard InChI is InChI=1S/C17H25NO3/c1-3-20-15-11-7-8-13(12-15)16(17(19)21-4-2)18-14-9-5-6-10-14/h7-8,11-12,14,16,18H,3-6,9-10H2,1-2H3. The van der Waals surface area contributed by atoms with Crippen molar-refractivity contribution in [1.29, 1.82) is 0 Å². The fourth-order valence-corrected chi connectivity index (χ4v) is 2.80. The van der Waals surface area contributed by atoms with E-state index in [-0.39, 0.29) is 5.97 Å². The summed E-state index contributed by atoms with van der Waals surface area (Å²) >= 11 is 0. The van der Waals surface area contributed by atoms with Gasteiger partial charge < -0.3 is 9.47 Å². The van der Waals surface area contributed by atoms with E-state index in [1.165, 1.54) is 12.8 Å². The fourth-order valence-electron chi connectivity index (χ4n) is 2.80. The zero-order valence-electron chi connectivity index (χ0n) is 12.9. The quantitative estimate of drug-likeness (QED) is 0.784. The molecule has 4 heteroatoms. The van der Waals surface area contributed by atoms with Crippen LogP contribution in [0.1, 0.15) is 51.1 Å². The monoisotopic (exact) mass is 291 g/mol. The number of carbonyl (C=O) groups is 1. The van der Waals surface area contributed by atoms with Gasteiger partial charge in [0.1, 0.15) is 11.8 Å². The van der Waals surface area contributed by atoms with E-state index in [9.17, 15) is 4.79 Å². The van der Waals surface area contributed by atoms with Crippen LogP contribution >= 0.6 is 0 Å². The van der Waals surface area contributed by atoms with Crippen LogP contribution in [-0.4, -0.2) is 25.2 Å². The summed E-state index contributed by atoms with van der Waals surface area (Å²) in [5, 5.41) is 3.46. The molecule has 0 heterocycles. The first-order valence-corrected chi connectivity index (χ1v) is 7.90. The molecule has 0 bridgehead atoms. The van der Waals surface area contributed by atoms with Crippen molar-refractivity contribution in [2.24, 2.45) is 0 Å². The van der Waals surface area contributed by atoms with E-state index in [0.29, 0.717) is 19.3 Å². The first kappa shape index (κ1) is 15.8. The lowest BCUT2D eigenvalue weighted by atomic mass is 10.0. The molecule has 0 aliphatic heterocycles. The predicted octanol–water partition coefficient (Wildman–Crippen LogP) is 3.22. The summed E-state index contributed by atoms with van der Waals surface area (Å²) in [7, 11) is 0. The molecular formula is C17H25NO3. The minimum atomic E-state index is -0.409.